The molecule has 3 heterocycles. The summed E-state index contributed by atoms with van der Waals surface area (Å²) in [5, 5.41) is 0. The van der Waals surface area contributed by atoms with E-state index in [1.807, 2.05) is 24.8 Å². The summed E-state index contributed by atoms with van der Waals surface area (Å²) in [6, 6.07) is 0. The average molecular weight is 311 g/mol. The van der Waals surface area contributed by atoms with Gasteiger partial charge in [-0.05, 0) is 0 Å². The Hall–Kier alpha value is -1.37. The molecule has 21 heavy (non-hydrogen) atoms. The molecule has 1 saturated heterocycles. The molecule has 1 fully saturated rings. The number of hydrogen-bond donors (Lipinski definition) is 0. The summed E-state index contributed by atoms with van der Waals surface area (Å²) < 4.78 is 4.19. The van der Waals surface area contributed by atoms with E-state index in [2.05, 4.69) is 43.0 Å². The van der Waals surface area contributed by atoms with E-state index in [4.69, 9.17) is 0 Å². The average Bonchev–Trinajstić information content (AvgIpc) is 3.02. The van der Waals surface area contributed by atoms with Gasteiger partial charge in [0.25, 0.3) is 0 Å². The van der Waals surface area contributed by atoms with Crippen LogP contribution in [-0.2, 0) is 27.2 Å². The lowest BCUT2D eigenvalue weighted by Gasteiger charge is -2.34. The summed E-state index contributed by atoms with van der Waals surface area (Å²) in [4.78, 5) is 13.7. The van der Waals surface area contributed by atoms with Crippen LogP contribution in [0.15, 0.2) is 24.8 Å². The van der Waals surface area contributed by atoms with Gasteiger partial charge in [0.05, 0.1) is 13.1 Å². The third-order valence-corrected chi connectivity index (χ3v) is 4.04. The van der Waals surface area contributed by atoms with Crippen molar-refractivity contribution in [1.29, 1.82) is 0 Å². The smallest absolute Gasteiger partial charge is 0.122 e. The highest BCUT2D eigenvalue weighted by molar-refractivity contribution is 5.85. The quantitative estimate of drug-likeness (QED) is 0.841. The Labute approximate surface area is 131 Å². The molecule has 1 aliphatic rings. The van der Waals surface area contributed by atoms with Gasteiger partial charge in [-0.1, -0.05) is 0 Å². The lowest BCUT2D eigenvalue weighted by molar-refractivity contribution is 0.116. The molecule has 116 valence electrons. The predicted octanol–water partition coefficient (Wildman–Crippen LogP) is 0.893. The van der Waals surface area contributed by atoms with E-state index in [1.165, 1.54) is 0 Å². The van der Waals surface area contributed by atoms with Gasteiger partial charge in [-0.3, -0.25) is 9.80 Å². The molecule has 0 aliphatic carbocycles. The Balaban J connectivity index is 0.00000161. The molecule has 0 atom stereocenters. The van der Waals surface area contributed by atoms with Crippen LogP contribution in [-0.4, -0.2) is 55.1 Å². The summed E-state index contributed by atoms with van der Waals surface area (Å²) in [7, 11) is 4.11. The summed E-state index contributed by atoms with van der Waals surface area (Å²) in [6.45, 7) is 6.27. The molecule has 0 radical (unpaired) electrons. The minimum Gasteiger partial charge on any atom is -0.337 e. The van der Waals surface area contributed by atoms with E-state index in [0.717, 1.165) is 50.9 Å². The first-order valence-corrected chi connectivity index (χ1v) is 7.09. The molecule has 0 bridgehead atoms. The van der Waals surface area contributed by atoms with Crippen molar-refractivity contribution in [3.05, 3.63) is 36.4 Å². The number of halogens is 1. The van der Waals surface area contributed by atoms with Gasteiger partial charge in [-0.2, -0.15) is 0 Å². The van der Waals surface area contributed by atoms with Gasteiger partial charge in [-0.15, -0.1) is 12.4 Å². The topological polar surface area (TPSA) is 42.1 Å². The molecular formula is C14H23ClN6. The fourth-order valence-corrected chi connectivity index (χ4v) is 2.60. The zero-order valence-electron chi connectivity index (χ0n) is 12.6. The molecule has 7 heteroatoms. The van der Waals surface area contributed by atoms with Crippen LogP contribution in [0.4, 0.5) is 0 Å². The normalized spacial score (nSPS) is 16.9. The molecule has 3 rings (SSSR count). The van der Waals surface area contributed by atoms with Crippen molar-refractivity contribution in [2.45, 2.75) is 13.1 Å². The monoisotopic (exact) mass is 310 g/mol. The van der Waals surface area contributed by atoms with E-state index >= 15 is 0 Å². The van der Waals surface area contributed by atoms with Gasteiger partial charge in [0.2, 0.25) is 0 Å². The molecule has 0 spiro atoms. The molecule has 0 saturated carbocycles. The number of nitrogens with zero attached hydrogens (tertiary/aromatic N) is 6. The summed E-state index contributed by atoms with van der Waals surface area (Å²) in [5.74, 6) is 2.28. The predicted molar refractivity (Wildman–Crippen MR) is 84.2 cm³/mol. The second kappa shape index (κ2) is 7.06. The van der Waals surface area contributed by atoms with Crippen molar-refractivity contribution >= 4 is 12.4 Å². The van der Waals surface area contributed by atoms with Crippen LogP contribution in [0.2, 0.25) is 0 Å². The number of hydrogen-bond acceptors (Lipinski definition) is 4. The van der Waals surface area contributed by atoms with E-state index in [0.29, 0.717) is 0 Å². The largest absolute Gasteiger partial charge is 0.337 e. The van der Waals surface area contributed by atoms with E-state index in [-0.39, 0.29) is 12.4 Å². The first-order chi connectivity index (χ1) is 9.72. The van der Waals surface area contributed by atoms with Crippen molar-refractivity contribution < 1.29 is 0 Å². The van der Waals surface area contributed by atoms with Crippen LogP contribution in [0, 0.1) is 0 Å². The number of imidazole rings is 2. The third-order valence-electron chi connectivity index (χ3n) is 4.04. The highest BCUT2D eigenvalue weighted by Gasteiger charge is 2.19. The molecule has 0 amide bonds. The highest BCUT2D eigenvalue weighted by Crippen LogP contribution is 2.09. The van der Waals surface area contributed by atoms with Crippen LogP contribution in [0.1, 0.15) is 11.6 Å². The minimum atomic E-state index is 0. The minimum absolute atomic E-state index is 0. The lowest BCUT2D eigenvalue weighted by atomic mass is 10.3. The molecule has 6 nitrogen and oxygen atoms in total. The summed E-state index contributed by atoms with van der Waals surface area (Å²) >= 11 is 0. The SMILES string of the molecule is Cl.Cn1ccnc1CN1CCN(Cc2nccn2C)CC1. The van der Waals surface area contributed by atoms with Crippen molar-refractivity contribution in [3.63, 3.8) is 0 Å². The molecule has 2 aromatic heterocycles. The van der Waals surface area contributed by atoms with Crippen molar-refractivity contribution in [1.82, 2.24) is 28.9 Å². The Morgan fingerprint density at radius 2 is 1.19 bits per heavy atom. The Bertz CT molecular complexity index is 505. The number of rotatable bonds is 4. The van der Waals surface area contributed by atoms with Gasteiger partial charge in [0, 0.05) is 65.1 Å². The third kappa shape index (κ3) is 3.84. The van der Waals surface area contributed by atoms with Gasteiger partial charge < -0.3 is 9.13 Å². The van der Waals surface area contributed by atoms with Crippen LogP contribution in [0.3, 0.4) is 0 Å². The van der Waals surface area contributed by atoms with Crippen molar-refractivity contribution in [2.75, 3.05) is 26.2 Å². The van der Waals surface area contributed by atoms with Gasteiger partial charge >= 0.3 is 0 Å². The number of piperazine rings is 1. The zero-order chi connectivity index (χ0) is 13.9. The van der Waals surface area contributed by atoms with E-state index in [1.54, 1.807) is 0 Å². The Morgan fingerprint density at radius 3 is 1.48 bits per heavy atom. The van der Waals surface area contributed by atoms with E-state index in [9.17, 15) is 0 Å². The first kappa shape index (κ1) is 16.0. The second-order valence-electron chi connectivity index (χ2n) is 5.46. The standard InChI is InChI=1S/C14H22N6.ClH/c1-17-5-3-15-13(17)11-19-7-9-20(10-8-19)12-14-16-4-6-18(14)2;/h3-6H,7-12H2,1-2H3;1H. The van der Waals surface area contributed by atoms with Crippen molar-refractivity contribution in [3.8, 4) is 0 Å². The maximum Gasteiger partial charge on any atom is 0.122 e. The molecule has 1 aliphatic heterocycles. The molecular weight excluding hydrogens is 288 g/mol. The number of aromatic nitrogens is 4. The van der Waals surface area contributed by atoms with Gasteiger partial charge in [-0.25, -0.2) is 9.97 Å². The Morgan fingerprint density at radius 1 is 0.810 bits per heavy atom. The summed E-state index contributed by atoms with van der Waals surface area (Å²) in [5.41, 5.74) is 0. The maximum absolute atomic E-state index is 4.40. The van der Waals surface area contributed by atoms with Crippen LogP contribution >= 0.6 is 12.4 Å². The number of aryl methyl sites for hydroxylation is 2. The van der Waals surface area contributed by atoms with Crippen molar-refractivity contribution in [2.24, 2.45) is 14.1 Å². The molecule has 0 N–H and O–H groups in total. The fraction of sp³-hybridized carbons (Fsp3) is 0.571. The van der Waals surface area contributed by atoms with Crippen LogP contribution < -0.4 is 0 Å². The Kier molecular flexibility index (Phi) is 5.39. The summed E-state index contributed by atoms with van der Waals surface area (Å²) in [6.07, 6.45) is 7.75. The van der Waals surface area contributed by atoms with E-state index < -0.39 is 0 Å². The van der Waals surface area contributed by atoms with Gasteiger partial charge in [0.15, 0.2) is 0 Å². The lowest BCUT2D eigenvalue weighted by Crippen LogP contribution is -2.45. The van der Waals surface area contributed by atoms with Crippen LogP contribution in [0.5, 0.6) is 0 Å². The highest BCUT2D eigenvalue weighted by atomic mass is 35.5. The first-order valence-electron chi connectivity index (χ1n) is 7.09. The fourth-order valence-electron chi connectivity index (χ4n) is 2.60. The second-order valence-corrected chi connectivity index (χ2v) is 5.46. The van der Waals surface area contributed by atoms with Gasteiger partial charge in [0.1, 0.15) is 11.6 Å². The molecule has 0 aromatic carbocycles. The molecule has 0 unspecified atom stereocenters. The van der Waals surface area contributed by atoms with Crippen LogP contribution in [0.25, 0.3) is 0 Å². The maximum atomic E-state index is 4.40. The zero-order valence-corrected chi connectivity index (χ0v) is 13.5. The molecule has 2 aromatic rings.